The molecule has 0 atom stereocenters. The van der Waals surface area contributed by atoms with Crippen LogP contribution in [-0.4, -0.2) is 18.8 Å². The van der Waals surface area contributed by atoms with Gasteiger partial charge in [0.2, 0.25) is 0 Å². The highest BCUT2D eigenvalue weighted by Gasteiger charge is 2.10. The van der Waals surface area contributed by atoms with Crippen LogP contribution in [0.2, 0.25) is 0 Å². The molecule has 0 radical (unpaired) electrons. The summed E-state index contributed by atoms with van der Waals surface area (Å²) in [5.74, 6) is 1.25. The van der Waals surface area contributed by atoms with Crippen LogP contribution in [0.3, 0.4) is 0 Å². The molecule has 17 heavy (non-hydrogen) atoms. The van der Waals surface area contributed by atoms with E-state index in [2.05, 4.69) is 15.9 Å². The standard InChI is InChI=1S/C12H12BrNO3/c1-14-9-6-11(17-3)10(16-2)5-7(9)4-8(13)12(14)15/h4-6H,1-3H3. The van der Waals surface area contributed by atoms with Gasteiger partial charge in [-0.3, -0.25) is 4.79 Å². The van der Waals surface area contributed by atoms with E-state index in [0.29, 0.717) is 16.0 Å². The summed E-state index contributed by atoms with van der Waals surface area (Å²) in [6.07, 6.45) is 0. The highest BCUT2D eigenvalue weighted by Crippen LogP contribution is 2.32. The fourth-order valence-corrected chi connectivity index (χ4v) is 2.27. The van der Waals surface area contributed by atoms with Gasteiger partial charge in [-0.2, -0.15) is 0 Å². The van der Waals surface area contributed by atoms with Crippen molar-refractivity contribution >= 4 is 26.8 Å². The number of hydrogen-bond acceptors (Lipinski definition) is 3. The molecule has 5 heteroatoms. The van der Waals surface area contributed by atoms with Gasteiger partial charge in [0.15, 0.2) is 11.5 Å². The van der Waals surface area contributed by atoms with E-state index in [-0.39, 0.29) is 5.56 Å². The highest BCUT2D eigenvalue weighted by molar-refractivity contribution is 9.10. The first-order valence-electron chi connectivity index (χ1n) is 4.99. The lowest BCUT2D eigenvalue weighted by atomic mass is 10.2. The number of pyridine rings is 1. The average molecular weight is 298 g/mol. The molecule has 1 heterocycles. The van der Waals surface area contributed by atoms with Gasteiger partial charge >= 0.3 is 0 Å². The third-order valence-electron chi connectivity index (χ3n) is 2.69. The van der Waals surface area contributed by atoms with Gasteiger partial charge in [-0.1, -0.05) is 0 Å². The van der Waals surface area contributed by atoms with Crippen LogP contribution in [0.4, 0.5) is 0 Å². The van der Waals surface area contributed by atoms with Gasteiger partial charge in [0.05, 0.1) is 24.2 Å². The van der Waals surface area contributed by atoms with Crippen molar-refractivity contribution in [3.63, 3.8) is 0 Å². The molecule has 0 unspecified atom stereocenters. The summed E-state index contributed by atoms with van der Waals surface area (Å²) in [5.41, 5.74) is 0.723. The van der Waals surface area contributed by atoms with E-state index in [1.54, 1.807) is 38.0 Å². The van der Waals surface area contributed by atoms with Gasteiger partial charge in [0.25, 0.3) is 5.56 Å². The third kappa shape index (κ3) is 1.91. The lowest BCUT2D eigenvalue weighted by molar-refractivity contribution is 0.355. The number of nitrogens with zero attached hydrogens (tertiary/aromatic N) is 1. The molecule has 2 rings (SSSR count). The van der Waals surface area contributed by atoms with Gasteiger partial charge in [-0.25, -0.2) is 0 Å². The lowest BCUT2D eigenvalue weighted by Crippen LogP contribution is -2.17. The van der Waals surface area contributed by atoms with Crippen LogP contribution in [-0.2, 0) is 7.05 Å². The van der Waals surface area contributed by atoms with E-state index in [1.165, 1.54) is 0 Å². The SMILES string of the molecule is COc1cc2cc(Br)c(=O)n(C)c2cc1OC. The normalized spacial score (nSPS) is 10.6. The summed E-state index contributed by atoms with van der Waals surface area (Å²) in [6.45, 7) is 0. The van der Waals surface area contributed by atoms with Crippen LogP contribution in [0.25, 0.3) is 10.9 Å². The predicted octanol–water partition coefficient (Wildman–Crippen LogP) is 2.32. The molecule has 0 amide bonds. The highest BCUT2D eigenvalue weighted by atomic mass is 79.9. The number of hydrogen-bond donors (Lipinski definition) is 0. The van der Waals surface area contributed by atoms with Crippen molar-refractivity contribution in [3.8, 4) is 11.5 Å². The fraction of sp³-hybridized carbons (Fsp3) is 0.250. The summed E-state index contributed by atoms with van der Waals surface area (Å²) >= 11 is 3.24. The number of fused-ring (bicyclic) bond motifs is 1. The zero-order valence-corrected chi connectivity index (χ0v) is 11.4. The van der Waals surface area contributed by atoms with Crippen molar-refractivity contribution in [2.24, 2.45) is 7.05 Å². The van der Waals surface area contributed by atoms with Crippen molar-refractivity contribution in [1.29, 1.82) is 0 Å². The zero-order chi connectivity index (χ0) is 12.6. The minimum atomic E-state index is -0.0790. The molecule has 0 aliphatic heterocycles. The Morgan fingerprint density at radius 2 is 1.71 bits per heavy atom. The summed E-state index contributed by atoms with van der Waals surface area (Å²) in [4.78, 5) is 11.8. The largest absolute Gasteiger partial charge is 0.493 e. The number of benzene rings is 1. The van der Waals surface area contributed by atoms with Crippen LogP contribution in [0.1, 0.15) is 0 Å². The molecule has 0 saturated heterocycles. The molecule has 2 aromatic rings. The molecule has 90 valence electrons. The number of aromatic nitrogens is 1. The van der Waals surface area contributed by atoms with Crippen molar-refractivity contribution in [2.75, 3.05) is 14.2 Å². The first-order chi connectivity index (χ1) is 8.08. The molecule has 4 nitrogen and oxygen atoms in total. The number of ether oxygens (including phenoxy) is 2. The van der Waals surface area contributed by atoms with E-state index in [0.717, 1.165) is 10.9 Å². The Balaban J connectivity index is 2.88. The molecule has 1 aromatic carbocycles. The Bertz CT molecular complexity index is 634. The van der Waals surface area contributed by atoms with E-state index in [4.69, 9.17) is 9.47 Å². The van der Waals surface area contributed by atoms with Gasteiger partial charge in [-0.05, 0) is 28.1 Å². The topological polar surface area (TPSA) is 40.5 Å². The lowest BCUT2D eigenvalue weighted by Gasteiger charge is -2.11. The molecule has 0 bridgehead atoms. The molecular formula is C12H12BrNO3. The maximum Gasteiger partial charge on any atom is 0.265 e. The second kappa shape index (κ2) is 4.41. The number of aryl methyl sites for hydroxylation is 1. The van der Waals surface area contributed by atoms with Crippen LogP contribution in [0, 0.1) is 0 Å². The van der Waals surface area contributed by atoms with Crippen LogP contribution in [0.15, 0.2) is 27.5 Å². The Morgan fingerprint density at radius 1 is 1.12 bits per heavy atom. The smallest absolute Gasteiger partial charge is 0.265 e. The first-order valence-corrected chi connectivity index (χ1v) is 5.79. The van der Waals surface area contributed by atoms with E-state index in [1.807, 2.05) is 6.07 Å². The van der Waals surface area contributed by atoms with Crippen molar-refractivity contribution in [2.45, 2.75) is 0 Å². The fourth-order valence-electron chi connectivity index (χ4n) is 1.76. The second-order valence-electron chi connectivity index (χ2n) is 3.62. The molecular weight excluding hydrogens is 286 g/mol. The predicted molar refractivity (Wildman–Crippen MR) is 70.0 cm³/mol. The van der Waals surface area contributed by atoms with E-state index >= 15 is 0 Å². The maximum atomic E-state index is 11.8. The Morgan fingerprint density at radius 3 is 2.29 bits per heavy atom. The Hall–Kier alpha value is -1.49. The van der Waals surface area contributed by atoms with Gasteiger partial charge in [-0.15, -0.1) is 0 Å². The minimum Gasteiger partial charge on any atom is -0.493 e. The van der Waals surface area contributed by atoms with Gasteiger partial charge in [0.1, 0.15) is 0 Å². The van der Waals surface area contributed by atoms with Crippen molar-refractivity contribution in [3.05, 3.63) is 33.0 Å². The van der Waals surface area contributed by atoms with Gasteiger partial charge in [0, 0.05) is 18.5 Å². The monoisotopic (exact) mass is 297 g/mol. The van der Waals surface area contributed by atoms with Crippen LogP contribution in [0.5, 0.6) is 11.5 Å². The number of rotatable bonds is 2. The number of methoxy groups -OCH3 is 2. The van der Waals surface area contributed by atoms with Gasteiger partial charge < -0.3 is 14.0 Å². The zero-order valence-electron chi connectivity index (χ0n) is 9.78. The average Bonchev–Trinajstić information content (AvgIpc) is 2.34. The van der Waals surface area contributed by atoms with Crippen molar-refractivity contribution < 1.29 is 9.47 Å². The molecule has 0 N–H and O–H groups in total. The molecule has 0 aliphatic rings. The molecule has 0 spiro atoms. The Kier molecular flexibility index (Phi) is 3.11. The summed E-state index contributed by atoms with van der Waals surface area (Å²) in [6, 6.07) is 5.42. The molecule has 0 saturated carbocycles. The van der Waals surface area contributed by atoms with Crippen LogP contribution >= 0.6 is 15.9 Å². The third-order valence-corrected chi connectivity index (χ3v) is 3.25. The van der Waals surface area contributed by atoms with E-state index in [9.17, 15) is 4.79 Å². The quantitative estimate of drug-likeness (QED) is 0.854. The van der Waals surface area contributed by atoms with Crippen LogP contribution < -0.4 is 15.0 Å². The molecule has 1 aromatic heterocycles. The molecule has 0 fully saturated rings. The summed E-state index contributed by atoms with van der Waals surface area (Å²) in [5, 5.41) is 0.914. The van der Waals surface area contributed by atoms with E-state index < -0.39 is 0 Å². The maximum absolute atomic E-state index is 11.8. The summed E-state index contributed by atoms with van der Waals surface area (Å²) in [7, 11) is 4.88. The molecule has 0 aliphatic carbocycles. The minimum absolute atomic E-state index is 0.0790. The number of halogens is 1. The summed E-state index contributed by atoms with van der Waals surface area (Å²) < 4.78 is 12.5. The first kappa shape index (κ1) is 12.0. The van der Waals surface area contributed by atoms with Crippen molar-refractivity contribution in [1.82, 2.24) is 4.57 Å². The second-order valence-corrected chi connectivity index (χ2v) is 4.48. The Labute approximate surface area is 107 Å².